The van der Waals surface area contributed by atoms with Gasteiger partial charge in [-0.25, -0.2) is 9.97 Å². The van der Waals surface area contributed by atoms with Crippen LogP contribution in [-0.2, 0) is 11.3 Å². The molecule has 1 amide bonds. The Bertz CT molecular complexity index is 354. The van der Waals surface area contributed by atoms with Crippen molar-refractivity contribution in [3.05, 3.63) is 23.8 Å². The summed E-state index contributed by atoms with van der Waals surface area (Å²) in [4.78, 5) is 19.8. The number of aryl methyl sites for hydroxylation is 1. The first-order valence-electron chi connectivity index (χ1n) is 5.34. The molecule has 2 N–H and O–H groups in total. The van der Waals surface area contributed by atoms with Crippen LogP contribution in [0.5, 0.6) is 0 Å². The van der Waals surface area contributed by atoms with Crippen LogP contribution < -0.4 is 10.6 Å². The van der Waals surface area contributed by atoms with E-state index in [1.807, 2.05) is 20.9 Å². The van der Waals surface area contributed by atoms with Crippen LogP contribution in [0, 0.1) is 12.8 Å². The highest BCUT2D eigenvalue weighted by Gasteiger charge is 2.11. The lowest BCUT2D eigenvalue weighted by Crippen LogP contribution is -2.34. The van der Waals surface area contributed by atoms with E-state index in [1.165, 1.54) is 0 Å². The molecule has 1 atom stereocenters. The summed E-state index contributed by atoms with van der Waals surface area (Å²) in [5.74, 6) is 0.716. The summed E-state index contributed by atoms with van der Waals surface area (Å²) in [6.45, 7) is 4.84. The van der Waals surface area contributed by atoms with Gasteiger partial charge in [0.1, 0.15) is 5.82 Å². The van der Waals surface area contributed by atoms with E-state index >= 15 is 0 Å². The monoisotopic (exact) mass is 222 g/mol. The number of hydrogen-bond acceptors (Lipinski definition) is 4. The highest BCUT2D eigenvalue weighted by atomic mass is 16.1. The molecule has 1 aromatic heterocycles. The van der Waals surface area contributed by atoms with E-state index in [4.69, 9.17) is 0 Å². The number of hydrogen-bond donors (Lipinski definition) is 2. The molecule has 0 aliphatic heterocycles. The Kier molecular flexibility index (Phi) is 4.85. The molecule has 1 unspecified atom stereocenters. The average Bonchev–Trinajstić information content (AvgIpc) is 2.26. The van der Waals surface area contributed by atoms with Crippen molar-refractivity contribution >= 4 is 5.91 Å². The topological polar surface area (TPSA) is 66.9 Å². The third-order valence-corrected chi connectivity index (χ3v) is 2.24. The van der Waals surface area contributed by atoms with Crippen LogP contribution in [0.2, 0.25) is 0 Å². The zero-order valence-electron chi connectivity index (χ0n) is 9.95. The predicted molar refractivity (Wildman–Crippen MR) is 61.7 cm³/mol. The molecular formula is C11H18N4O. The summed E-state index contributed by atoms with van der Waals surface area (Å²) in [6, 6.07) is 1.80. The molecule has 88 valence electrons. The van der Waals surface area contributed by atoms with Gasteiger partial charge >= 0.3 is 0 Å². The maximum Gasteiger partial charge on any atom is 0.224 e. The molecule has 5 heteroatoms. The second kappa shape index (κ2) is 6.17. The summed E-state index contributed by atoms with van der Waals surface area (Å²) in [5.41, 5.74) is 0.831. The van der Waals surface area contributed by atoms with Gasteiger partial charge < -0.3 is 10.6 Å². The number of amides is 1. The van der Waals surface area contributed by atoms with E-state index in [0.717, 1.165) is 11.5 Å². The number of carbonyl (C=O) groups excluding carboxylic acids is 1. The quantitative estimate of drug-likeness (QED) is 0.750. The molecule has 0 radical (unpaired) electrons. The molecular weight excluding hydrogens is 204 g/mol. The first kappa shape index (κ1) is 12.6. The lowest BCUT2D eigenvalue weighted by atomic mass is 10.1. The fourth-order valence-corrected chi connectivity index (χ4v) is 1.35. The molecule has 1 aromatic rings. The summed E-state index contributed by atoms with van der Waals surface area (Å²) in [7, 11) is 1.83. The first-order valence-corrected chi connectivity index (χ1v) is 5.34. The predicted octanol–water partition coefficient (Wildman–Crippen LogP) is 0.257. The highest BCUT2D eigenvalue weighted by molar-refractivity contribution is 5.78. The Morgan fingerprint density at radius 3 is 2.94 bits per heavy atom. The van der Waals surface area contributed by atoms with E-state index in [2.05, 4.69) is 20.6 Å². The molecule has 0 aromatic carbocycles. The van der Waals surface area contributed by atoms with Crippen LogP contribution in [-0.4, -0.2) is 29.5 Å². The van der Waals surface area contributed by atoms with Crippen molar-refractivity contribution in [3.63, 3.8) is 0 Å². The molecule has 0 bridgehead atoms. The minimum Gasteiger partial charge on any atom is -0.350 e. The van der Waals surface area contributed by atoms with Gasteiger partial charge in [0.15, 0.2) is 0 Å². The van der Waals surface area contributed by atoms with Gasteiger partial charge in [-0.05, 0) is 20.0 Å². The molecule has 0 aliphatic carbocycles. The summed E-state index contributed by atoms with van der Waals surface area (Å²) in [5, 5.41) is 5.81. The summed E-state index contributed by atoms with van der Waals surface area (Å²) >= 11 is 0. The number of rotatable bonds is 5. The van der Waals surface area contributed by atoms with Gasteiger partial charge in [0, 0.05) is 18.7 Å². The number of carbonyl (C=O) groups is 1. The normalized spacial score (nSPS) is 12.2. The van der Waals surface area contributed by atoms with Gasteiger partial charge in [0.2, 0.25) is 5.91 Å². The van der Waals surface area contributed by atoms with Crippen LogP contribution in [0.15, 0.2) is 12.3 Å². The Hall–Kier alpha value is -1.49. The Morgan fingerprint density at radius 1 is 1.56 bits per heavy atom. The van der Waals surface area contributed by atoms with E-state index in [0.29, 0.717) is 13.1 Å². The van der Waals surface area contributed by atoms with Crippen LogP contribution in [0.1, 0.15) is 18.4 Å². The van der Waals surface area contributed by atoms with E-state index < -0.39 is 0 Å². The molecule has 0 saturated carbocycles. The Labute approximate surface area is 95.7 Å². The SMILES string of the molecule is CNCC(C)C(=O)NCc1ccnc(C)n1. The third-order valence-electron chi connectivity index (χ3n) is 2.24. The lowest BCUT2D eigenvalue weighted by Gasteiger charge is -2.11. The lowest BCUT2D eigenvalue weighted by molar-refractivity contribution is -0.124. The van der Waals surface area contributed by atoms with Gasteiger partial charge in [-0.15, -0.1) is 0 Å². The minimum absolute atomic E-state index is 0.0330. The van der Waals surface area contributed by atoms with Gasteiger partial charge in [0.25, 0.3) is 0 Å². The number of nitrogens with zero attached hydrogens (tertiary/aromatic N) is 2. The fraction of sp³-hybridized carbons (Fsp3) is 0.545. The van der Waals surface area contributed by atoms with Crippen LogP contribution >= 0.6 is 0 Å². The minimum atomic E-state index is -0.0343. The standard InChI is InChI=1S/C11H18N4O/c1-8(6-12-3)11(16)14-7-10-4-5-13-9(2)15-10/h4-5,8,12H,6-7H2,1-3H3,(H,14,16). The molecule has 0 fully saturated rings. The molecule has 16 heavy (non-hydrogen) atoms. The fourth-order valence-electron chi connectivity index (χ4n) is 1.35. The van der Waals surface area contributed by atoms with Crippen LogP contribution in [0.3, 0.4) is 0 Å². The van der Waals surface area contributed by atoms with E-state index in [-0.39, 0.29) is 11.8 Å². The molecule has 1 heterocycles. The molecule has 0 aliphatic rings. The smallest absolute Gasteiger partial charge is 0.224 e. The molecule has 0 saturated heterocycles. The van der Waals surface area contributed by atoms with E-state index in [1.54, 1.807) is 12.3 Å². The van der Waals surface area contributed by atoms with Crippen molar-refractivity contribution < 1.29 is 4.79 Å². The first-order chi connectivity index (χ1) is 7.63. The zero-order chi connectivity index (χ0) is 12.0. The van der Waals surface area contributed by atoms with Crippen LogP contribution in [0.25, 0.3) is 0 Å². The van der Waals surface area contributed by atoms with Crippen LogP contribution in [0.4, 0.5) is 0 Å². The second-order valence-electron chi connectivity index (χ2n) is 3.77. The van der Waals surface area contributed by atoms with Crippen molar-refractivity contribution in [3.8, 4) is 0 Å². The molecule has 0 spiro atoms. The zero-order valence-corrected chi connectivity index (χ0v) is 9.95. The van der Waals surface area contributed by atoms with Gasteiger partial charge in [-0.1, -0.05) is 6.92 Å². The van der Waals surface area contributed by atoms with Crippen molar-refractivity contribution in [1.82, 2.24) is 20.6 Å². The van der Waals surface area contributed by atoms with Gasteiger partial charge in [0.05, 0.1) is 12.2 Å². The average molecular weight is 222 g/mol. The molecule has 1 rings (SSSR count). The highest BCUT2D eigenvalue weighted by Crippen LogP contribution is 1.96. The Morgan fingerprint density at radius 2 is 2.31 bits per heavy atom. The van der Waals surface area contributed by atoms with Crippen molar-refractivity contribution in [2.24, 2.45) is 5.92 Å². The van der Waals surface area contributed by atoms with Crippen molar-refractivity contribution in [2.75, 3.05) is 13.6 Å². The van der Waals surface area contributed by atoms with Gasteiger partial charge in [-0.3, -0.25) is 4.79 Å². The third kappa shape index (κ3) is 3.94. The van der Waals surface area contributed by atoms with E-state index in [9.17, 15) is 4.79 Å². The maximum absolute atomic E-state index is 11.6. The maximum atomic E-state index is 11.6. The van der Waals surface area contributed by atoms with Gasteiger partial charge in [-0.2, -0.15) is 0 Å². The number of nitrogens with one attached hydrogen (secondary N) is 2. The van der Waals surface area contributed by atoms with Crippen molar-refractivity contribution in [2.45, 2.75) is 20.4 Å². The summed E-state index contributed by atoms with van der Waals surface area (Å²) in [6.07, 6.45) is 1.70. The second-order valence-corrected chi connectivity index (χ2v) is 3.77. The summed E-state index contributed by atoms with van der Waals surface area (Å²) < 4.78 is 0. The van der Waals surface area contributed by atoms with Crippen molar-refractivity contribution in [1.29, 1.82) is 0 Å². The molecule has 5 nitrogen and oxygen atoms in total. The number of aromatic nitrogens is 2. The Balaban J connectivity index is 2.42. The largest absolute Gasteiger partial charge is 0.350 e.